The SMILES string of the molecule is COC(=O)c1cc(C)c2c(c1)CCCN2C(=O)c1cc(OC)no1. The normalized spacial score (nSPS) is 13.4. The number of hydrogen-bond donors (Lipinski definition) is 0. The van der Waals surface area contributed by atoms with Crippen molar-refractivity contribution in [2.75, 3.05) is 25.7 Å². The summed E-state index contributed by atoms with van der Waals surface area (Å²) in [5.74, 6) is -0.283. The van der Waals surface area contributed by atoms with Crippen molar-refractivity contribution in [3.8, 4) is 5.88 Å². The average Bonchev–Trinajstić information content (AvgIpc) is 3.08. The maximum Gasteiger partial charge on any atom is 0.337 e. The zero-order valence-corrected chi connectivity index (χ0v) is 13.8. The van der Waals surface area contributed by atoms with Crippen molar-refractivity contribution < 1.29 is 23.6 Å². The van der Waals surface area contributed by atoms with Crippen molar-refractivity contribution >= 4 is 17.6 Å². The molecule has 0 unspecified atom stereocenters. The fraction of sp³-hybridized carbons (Fsp3) is 0.353. The molecule has 0 saturated heterocycles. The molecule has 126 valence electrons. The number of carbonyl (C=O) groups is 2. The van der Waals surface area contributed by atoms with E-state index in [0.717, 1.165) is 29.7 Å². The molecule has 1 aliphatic rings. The second-order valence-electron chi connectivity index (χ2n) is 5.59. The standard InChI is InChI=1S/C17H18N2O5/c1-10-7-12(17(21)23-3)8-11-5-4-6-19(15(10)11)16(20)13-9-14(22-2)18-24-13/h7-9H,4-6H2,1-3H3. The summed E-state index contributed by atoms with van der Waals surface area (Å²) in [6, 6.07) is 4.99. The first-order valence-electron chi connectivity index (χ1n) is 7.59. The van der Waals surface area contributed by atoms with Gasteiger partial charge in [-0.05, 0) is 48.2 Å². The van der Waals surface area contributed by atoms with E-state index < -0.39 is 0 Å². The van der Waals surface area contributed by atoms with Crippen molar-refractivity contribution in [2.45, 2.75) is 19.8 Å². The summed E-state index contributed by atoms with van der Waals surface area (Å²) in [5.41, 5.74) is 3.09. The lowest BCUT2D eigenvalue weighted by Crippen LogP contribution is -2.36. The lowest BCUT2D eigenvalue weighted by Gasteiger charge is -2.30. The van der Waals surface area contributed by atoms with Crippen LogP contribution >= 0.6 is 0 Å². The number of ether oxygens (including phenoxy) is 2. The van der Waals surface area contributed by atoms with Crippen LogP contribution in [0.2, 0.25) is 0 Å². The fourth-order valence-corrected chi connectivity index (χ4v) is 3.00. The summed E-state index contributed by atoms with van der Waals surface area (Å²) >= 11 is 0. The van der Waals surface area contributed by atoms with E-state index in [9.17, 15) is 9.59 Å². The zero-order valence-electron chi connectivity index (χ0n) is 13.8. The summed E-state index contributed by atoms with van der Waals surface area (Å²) in [4.78, 5) is 26.2. The van der Waals surface area contributed by atoms with Gasteiger partial charge in [0.2, 0.25) is 5.76 Å². The van der Waals surface area contributed by atoms with Gasteiger partial charge in [-0.25, -0.2) is 4.79 Å². The molecule has 2 heterocycles. The van der Waals surface area contributed by atoms with Gasteiger partial charge in [0.25, 0.3) is 11.8 Å². The minimum Gasteiger partial charge on any atom is -0.479 e. The number of fused-ring (bicyclic) bond motifs is 1. The molecule has 0 aliphatic carbocycles. The Labute approximate surface area is 139 Å². The van der Waals surface area contributed by atoms with Crippen LogP contribution < -0.4 is 9.64 Å². The topological polar surface area (TPSA) is 81.9 Å². The minimum atomic E-state index is -0.385. The van der Waals surface area contributed by atoms with Gasteiger partial charge in [-0.1, -0.05) is 0 Å². The Hall–Kier alpha value is -2.83. The van der Waals surface area contributed by atoms with Crippen LogP contribution in [-0.4, -0.2) is 37.8 Å². The lowest BCUT2D eigenvalue weighted by atomic mass is 9.95. The Morgan fingerprint density at radius 1 is 1.25 bits per heavy atom. The van der Waals surface area contributed by atoms with Gasteiger partial charge in [-0.2, -0.15) is 0 Å². The van der Waals surface area contributed by atoms with Crippen LogP contribution in [0.25, 0.3) is 0 Å². The molecule has 1 amide bonds. The number of rotatable bonds is 3. The second kappa shape index (κ2) is 6.35. The van der Waals surface area contributed by atoms with Crippen molar-refractivity contribution in [1.29, 1.82) is 0 Å². The Morgan fingerprint density at radius 3 is 2.71 bits per heavy atom. The number of carbonyl (C=O) groups excluding carboxylic acids is 2. The smallest absolute Gasteiger partial charge is 0.337 e. The summed E-state index contributed by atoms with van der Waals surface area (Å²) in [6.45, 7) is 2.45. The molecular formula is C17H18N2O5. The summed E-state index contributed by atoms with van der Waals surface area (Å²) in [6.07, 6.45) is 1.60. The van der Waals surface area contributed by atoms with E-state index in [1.807, 2.05) is 6.92 Å². The number of nitrogens with zero attached hydrogens (tertiary/aromatic N) is 2. The van der Waals surface area contributed by atoms with Crippen LogP contribution in [-0.2, 0) is 11.2 Å². The third kappa shape index (κ3) is 2.73. The first-order valence-corrected chi connectivity index (χ1v) is 7.59. The summed E-state index contributed by atoms with van der Waals surface area (Å²) < 4.78 is 14.8. The predicted octanol–water partition coefficient (Wildman–Crippen LogP) is 2.37. The Bertz CT molecular complexity index is 796. The molecule has 0 bridgehead atoms. The highest BCUT2D eigenvalue weighted by molar-refractivity contribution is 6.06. The van der Waals surface area contributed by atoms with E-state index in [2.05, 4.69) is 5.16 Å². The number of benzene rings is 1. The molecule has 0 saturated carbocycles. The van der Waals surface area contributed by atoms with Crippen molar-refractivity contribution in [3.63, 3.8) is 0 Å². The maximum absolute atomic E-state index is 12.8. The Morgan fingerprint density at radius 2 is 2.04 bits per heavy atom. The molecule has 1 aromatic carbocycles. The highest BCUT2D eigenvalue weighted by atomic mass is 16.5. The average molecular weight is 330 g/mol. The Kier molecular flexibility index (Phi) is 4.24. The molecule has 0 N–H and O–H groups in total. The van der Waals surface area contributed by atoms with Crippen LogP contribution in [0.5, 0.6) is 5.88 Å². The van der Waals surface area contributed by atoms with Crippen molar-refractivity contribution in [2.24, 2.45) is 0 Å². The summed E-state index contributed by atoms with van der Waals surface area (Å²) in [5, 5.41) is 3.67. The molecule has 0 fully saturated rings. The summed E-state index contributed by atoms with van der Waals surface area (Å²) in [7, 11) is 2.81. The van der Waals surface area contributed by atoms with E-state index >= 15 is 0 Å². The molecule has 24 heavy (non-hydrogen) atoms. The zero-order chi connectivity index (χ0) is 17.3. The van der Waals surface area contributed by atoms with Crippen LogP contribution in [0.15, 0.2) is 22.7 Å². The third-order valence-corrected chi connectivity index (χ3v) is 4.05. The number of aryl methyl sites for hydroxylation is 2. The van der Waals surface area contributed by atoms with E-state index in [-0.39, 0.29) is 23.5 Å². The Balaban J connectivity index is 1.99. The first kappa shape index (κ1) is 16.0. The van der Waals surface area contributed by atoms with Gasteiger partial charge >= 0.3 is 5.97 Å². The monoisotopic (exact) mass is 330 g/mol. The van der Waals surface area contributed by atoms with Gasteiger partial charge in [0.15, 0.2) is 0 Å². The molecule has 2 aromatic rings. The van der Waals surface area contributed by atoms with Crippen LogP contribution in [0.3, 0.4) is 0 Å². The van der Waals surface area contributed by atoms with Crippen LogP contribution in [0.1, 0.15) is 38.5 Å². The van der Waals surface area contributed by atoms with Gasteiger partial charge in [0.1, 0.15) is 0 Å². The molecule has 3 rings (SSSR count). The number of aromatic nitrogens is 1. The third-order valence-electron chi connectivity index (χ3n) is 4.05. The van der Waals surface area contributed by atoms with Crippen LogP contribution in [0.4, 0.5) is 5.69 Å². The molecule has 0 atom stereocenters. The van der Waals surface area contributed by atoms with Gasteiger partial charge < -0.3 is 18.9 Å². The second-order valence-corrected chi connectivity index (χ2v) is 5.59. The number of esters is 1. The lowest BCUT2D eigenvalue weighted by molar-refractivity contribution is 0.0600. The number of methoxy groups -OCH3 is 2. The number of hydrogen-bond acceptors (Lipinski definition) is 6. The van der Waals surface area contributed by atoms with E-state index in [1.54, 1.807) is 17.0 Å². The first-order chi connectivity index (χ1) is 11.5. The largest absolute Gasteiger partial charge is 0.479 e. The van der Waals surface area contributed by atoms with Crippen LogP contribution in [0, 0.1) is 6.92 Å². The minimum absolute atomic E-state index is 0.121. The highest BCUT2D eigenvalue weighted by Gasteiger charge is 2.29. The number of anilines is 1. The molecule has 7 heteroatoms. The molecule has 1 aromatic heterocycles. The molecule has 7 nitrogen and oxygen atoms in total. The predicted molar refractivity (Wildman–Crippen MR) is 85.6 cm³/mol. The van der Waals surface area contributed by atoms with Gasteiger partial charge in [0.05, 0.1) is 31.5 Å². The van der Waals surface area contributed by atoms with Gasteiger partial charge in [-0.15, -0.1) is 0 Å². The molecular weight excluding hydrogens is 312 g/mol. The quantitative estimate of drug-likeness (QED) is 0.804. The number of amides is 1. The molecule has 0 spiro atoms. The van der Waals surface area contributed by atoms with E-state index in [1.165, 1.54) is 20.3 Å². The molecule has 1 aliphatic heterocycles. The molecule has 0 radical (unpaired) electrons. The van der Waals surface area contributed by atoms with E-state index in [4.69, 9.17) is 14.0 Å². The maximum atomic E-state index is 12.8. The van der Waals surface area contributed by atoms with Crippen molar-refractivity contribution in [1.82, 2.24) is 5.16 Å². The van der Waals surface area contributed by atoms with Crippen molar-refractivity contribution in [3.05, 3.63) is 40.6 Å². The van der Waals surface area contributed by atoms with Gasteiger partial charge in [-0.3, -0.25) is 4.79 Å². The fourth-order valence-electron chi connectivity index (χ4n) is 3.00. The van der Waals surface area contributed by atoms with Gasteiger partial charge in [0, 0.05) is 6.54 Å². The highest BCUT2D eigenvalue weighted by Crippen LogP contribution is 2.33. The van der Waals surface area contributed by atoms with E-state index in [0.29, 0.717) is 12.1 Å².